The number of rotatable bonds is 8. The first kappa shape index (κ1) is 17.7. The van der Waals surface area contributed by atoms with E-state index in [0.29, 0.717) is 12.8 Å². The standard InChI is InChI=1S/C19H22N2O3/c20-16(12-11-14-7-3-1-4-8-14)18(22)21-17(19(23)24)13-15-9-5-2-6-10-15/h1-10,16-17H,11-13,20H2,(H,21,22)(H,23,24)/t16-,17-/m0/s1. The Morgan fingerprint density at radius 2 is 1.50 bits per heavy atom. The van der Waals surface area contributed by atoms with Gasteiger partial charge in [-0.1, -0.05) is 60.7 Å². The lowest BCUT2D eigenvalue weighted by molar-refractivity contribution is -0.142. The Labute approximate surface area is 141 Å². The Morgan fingerprint density at radius 1 is 0.958 bits per heavy atom. The zero-order chi connectivity index (χ0) is 17.4. The lowest BCUT2D eigenvalue weighted by Crippen LogP contribution is -2.49. The van der Waals surface area contributed by atoms with E-state index >= 15 is 0 Å². The van der Waals surface area contributed by atoms with Crippen molar-refractivity contribution in [1.29, 1.82) is 0 Å². The first-order chi connectivity index (χ1) is 11.6. The molecule has 126 valence electrons. The summed E-state index contributed by atoms with van der Waals surface area (Å²) in [5.41, 5.74) is 7.85. The van der Waals surface area contributed by atoms with Gasteiger partial charge < -0.3 is 16.2 Å². The highest BCUT2D eigenvalue weighted by molar-refractivity contribution is 5.86. The summed E-state index contributed by atoms with van der Waals surface area (Å²) in [6, 6.07) is 17.2. The molecule has 0 bridgehead atoms. The van der Waals surface area contributed by atoms with Crippen molar-refractivity contribution in [2.24, 2.45) is 5.73 Å². The minimum atomic E-state index is -1.07. The van der Waals surface area contributed by atoms with E-state index in [-0.39, 0.29) is 6.42 Å². The highest BCUT2D eigenvalue weighted by atomic mass is 16.4. The predicted molar refractivity (Wildman–Crippen MR) is 92.5 cm³/mol. The number of aryl methyl sites for hydroxylation is 1. The molecule has 2 rings (SSSR count). The van der Waals surface area contributed by atoms with Crippen molar-refractivity contribution in [2.45, 2.75) is 31.3 Å². The van der Waals surface area contributed by atoms with Crippen LogP contribution in [0.25, 0.3) is 0 Å². The van der Waals surface area contributed by atoms with Crippen LogP contribution in [0.1, 0.15) is 17.5 Å². The van der Waals surface area contributed by atoms with Crippen LogP contribution in [0, 0.1) is 0 Å². The molecule has 0 unspecified atom stereocenters. The van der Waals surface area contributed by atoms with E-state index in [9.17, 15) is 14.7 Å². The van der Waals surface area contributed by atoms with Crippen LogP contribution >= 0.6 is 0 Å². The lowest BCUT2D eigenvalue weighted by Gasteiger charge is -2.18. The fourth-order valence-corrected chi connectivity index (χ4v) is 2.43. The summed E-state index contributed by atoms with van der Waals surface area (Å²) in [6.07, 6.45) is 1.37. The summed E-state index contributed by atoms with van der Waals surface area (Å²) in [6.45, 7) is 0. The molecule has 2 atom stereocenters. The molecule has 4 N–H and O–H groups in total. The molecule has 0 aliphatic carbocycles. The van der Waals surface area contributed by atoms with E-state index in [1.54, 1.807) is 0 Å². The second kappa shape index (κ2) is 8.84. The number of carbonyl (C=O) groups is 2. The zero-order valence-electron chi connectivity index (χ0n) is 13.4. The quantitative estimate of drug-likeness (QED) is 0.689. The molecule has 0 heterocycles. The average Bonchev–Trinajstić information content (AvgIpc) is 2.60. The van der Waals surface area contributed by atoms with Crippen molar-refractivity contribution >= 4 is 11.9 Å². The lowest BCUT2D eigenvalue weighted by atomic mass is 10.0. The summed E-state index contributed by atoms with van der Waals surface area (Å²) >= 11 is 0. The van der Waals surface area contributed by atoms with Crippen molar-refractivity contribution in [3.63, 3.8) is 0 Å². The fourth-order valence-electron chi connectivity index (χ4n) is 2.43. The molecule has 2 aromatic rings. The van der Waals surface area contributed by atoms with Gasteiger partial charge in [-0.15, -0.1) is 0 Å². The molecular formula is C19H22N2O3. The maximum Gasteiger partial charge on any atom is 0.326 e. The topological polar surface area (TPSA) is 92.4 Å². The average molecular weight is 326 g/mol. The van der Waals surface area contributed by atoms with Gasteiger partial charge in [0.25, 0.3) is 0 Å². The SMILES string of the molecule is N[C@@H](CCc1ccccc1)C(=O)N[C@@H](Cc1ccccc1)C(=O)O. The Balaban J connectivity index is 1.88. The van der Waals surface area contributed by atoms with Crippen LogP contribution in [0.5, 0.6) is 0 Å². The second-order valence-corrected chi connectivity index (χ2v) is 5.72. The maximum atomic E-state index is 12.2. The van der Waals surface area contributed by atoms with Crippen LogP contribution in [0.3, 0.4) is 0 Å². The number of amides is 1. The number of hydrogen-bond donors (Lipinski definition) is 3. The van der Waals surface area contributed by atoms with Crippen molar-refractivity contribution in [3.8, 4) is 0 Å². The predicted octanol–water partition coefficient (Wildman–Crippen LogP) is 1.76. The van der Waals surface area contributed by atoms with Gasteiger partial charge in [0.15, 0.2) is 0 Å². The summed E-state index contributed by atoms with van der Waals surface area (Å²) in [5, 5.41) is 11.9. The van der Waals surface area contributed by atoms with Gasteiger partial charge in [0.05, 0.1) is 6.04 Å². The summed E-state index contributed by atoms with van der Waals surface area (Å²) in [5.74, 6) is -1.50. The molecular weight excluding hydrogens is 304 g/mol. The Kier molecular flexibility index (Phi) is 6.51. The van der Waals surface area contributed by atoms with Crippen LogP contribution in [-0.4, -0.2) is 29.1 Å². The normalized spacial score (nSPS) is 13.0. The maximum absolute atomic E-state index is 12.2. The molecule has 24 heavy (non-hydrogen) atoms. The van der Waals surface area contributed by atoms with E-state index in [1.807, 2.05) is 60.7 Å². The third-order valence-corrected chi connectivity index (χ3v) is 3.82. The third kappa shape index (κ3) is 5.52. The first-order valence-corrected chi connectivity index (χ1v) is 7.93. The largest absolute Gasteiger partial charge is 0.480 e. The monoisotopic (exact) mass is 326 g/mol. The van der Waals surface area contributed by atoms with Gasteiger partial charge in [-0.05, 0) is 24.0 Å². The number of carboxylic acids is 1. The van der Waals surface area contributed by atoms with Gasteiger partial charge in [0.2, 0.25) is 5.91 Å². The third-order valence-electron chi connectivity index (χ3n) is 3.82. The molecule has 0 aliphatic rings. The minimum Gasteiger partial charge on any atom is -0.480 e. The second-order valence-electron chi connectivity index (χ2n) is 5.72. The summed E-state index contributed by atoms with van der Waals surface area (Å²) < 4.78 is 0. The number of nitrogens with two attached hydrogens (primary N) is 1. The molecule has 5 nitrogen and oxygen atoms in total. The fraction of sp³-hybridized carbons (Fsp3) is 0.263. The molecule has 0 radical (unpaired) electrons. The molecule has 0 spiro atoms. The van der Waals surface area contributed by atoms with E-state index in [1.165, 1.54) is 0 Å². The molecule has 1 amide bonds. The molecule has 2 aromatic carbocycles. The van der Waals surface area contributed by atoms with Crippen LogP contribution < -0.4 is 11.1 Å². The van der Waals surface area contributed by atoms with E-state index in [0.717, 1.165) is 11.1 Å². The first-order valence-electron chi connectivity index (χ1n) is 7.93. The van der Waals surface area contributed by atoms with E-state index in [4.69, 9.17) is 5.73 Å². The highest BCUT2D eigenvalue weighted by Crippen LogP contribution is 2.06. The highest BCUT2D eigenvalue weighted by Gasteiger charge is 2.23. The molecule has 0 saturated carbocycles. The molecule has 0 aromatic heterocycles. The smallest absolute Gasteiger partial charge is 0.326 e. The Hall–Kier alpha value is -2.66. The van der Waals surface area contributed by atoms with Gasteiger partial charge in [0, 0.05) is 6.42 Å². The number of hydrogen-bond acceptors (Lipinski definition) is 3. The molecule has 0 aliphatic heterocycles. The van der Waals surface area contributed by atoms with Gasteiger partial charge in [-0.3, -0.25) is 4.79 Å². The number of carboxylic acid groups (broad SMARTS) is 1. The number of aliphatic carboxylic acids is 1. The van der Waals surface area contributed by atoms with Crippen molar-refractivity contribution in [3.05, 3.63) is 71.8 Å². The van der Waals surface area contributed by atoms with Gasteiger partial charge in [-0.2, -0.15) is 0 Å². The van der Waals surface area contributed by atoms with E-state index < -0.39 is 24.0 Å². The zero-order valence-corrected chi connectivity index (χ0v) is 13.4. The van der Waals surface area contributed by atoms with Crippen molar-refractivity contribution in [2.75, 3.05) is 0 Å². The van der Waals surface area contributed by atoms with Crippen molar-refractivity contribution in [1.82, 2.24) is 5.32 Å². The van der Waals surface area contributed by atoms with Gasteiger partial charge in [-0.25, -0.2) is 4.79 Å². The van der Waals surface area contributed by atoms with Crippen LogP contribution in [0.15, 0.2) is 60.7 Å². The van der Waals surface area contributed by atoms with E-state index in [2.05, 4.69) is 5.32 Å². The summed E-state index contributed by atoms with van der Waals surface area (Å²) in [7, 11) is 0. The summed E-state index contributed by atoms with van der Waals surface area (Å²) in [4.78, 5) is 23.6. The molecule has 5 heteroatoms. The Morgan fingerprint density at radius 3 is 2.04 bits per heavy atom. The number of nitrogens with one attached hydrogen (secondary N) is 1. The van der Waals surface area contributed by atoms with Gasteiger partial charge >= 0.3 is 5.97 Å². The molecule has 0 saturated heterocycles. The van der Waals surface area contributed by atoms with Crippen LogP contribution in [0.4, 0.5) is 0 Å². The minimum absolute atomic E-state index is 0.229. The Bertz CT molecular complexity index is 659. The van der Waals surface area contributed by atoms with Crippen LogP contribution in [-0.2, 0) is 22.4 Å². The van der Waals surface area contributed by atoms with Crippen molar-refractivity contribution < 1.29 is 14.7 Å². The number of carbonyl (C=O) groups excluding carboxylic acids is 1. The number of benzene rings is 2. The van der Waals surface area contributed by atoms with Gasteiger partial charge in [0.1, 0.15) is 6.04 Å². The molecule has 0 fully saturated rings. The van der Waals surface area contributed by atoms with Crippen LogP contribution in [0.2, 0.25) is 0 Å².